The third-order valence-electron chi connectivity index (χ3n) is 4.17. The van der Waals surface area contributed by atoms with Crippen LogP contribution in [0, 0.1) is 0 Å². The molecule has 2 aromatic carbocycles. The van der Waals surface area contributed by atoms with Crippen molar-refractivity contribution in [1.82, 2.24) is 15.0 Å². The van der Waals surface area contributed by atoms with Crippen LogP contribution in [0.3, 0.4) is 0 Å². The first-order valence-electron chi connectivity index (χ1n) is 8.92. The van der Waals surface area contributed by atoms with Crippen molar-refractivity contribution in [2.45, 2.75) is 18.6 Å². The van der Waals surface area contributed by atoms with Crippen LogP contribution in [0.2, 0.25) is 0 Å². The van der Waals surface area contributed by atoms with Gasteiger partial charge >= 0.3 is 0 Å². The van der Waals surface area contributed by atoms with E-state index in [1.54, 1.807) is 12.1 Å². The maximum atomic E-state index is 12.1. The predicted octanol–water partition coefficient (Wildman–Crippen LogP) is 3.02. The number of hydrogen-bond donors (Lipinski definition) is 2. The van der Waals surface area contributed by atoms with Crippen LogP contribution in [0.25, 0.3) is 11.0 Å². The van der Waals surface area contributed by atoms with E-state index in [0.717, 1.165) is 22.7 Å². The Morgan fingerprint density at radius 2 is 1.97 bits per heavy atom. The fourth-order valence-corrected chi connectivity index (χ4v) is 3.67. The van der Waals surface area contributed by atoms with E-state index in [1.165, 1.54) is 32.2 Å². The number of amides is 1. The minimum absolute atomic E-state index is 0.0913. The summed E-state index contributed by atoms with van der Waals surface area (Å²) >= 11 is 1.36. The molecule has 0 aliphatic carbocycles. The van der Waals surface area contributed by atoms with Crippen LogP contribution in [0.4, 0.5) is 0 Å². The molecule has 0 fully saturated rings. The van der Waals surface area contributed by atoms with Gasteiger partial charge in [-0.05, 0) is 31.2 Å². The Kier molecular flexibility index (Phi) is 6.61. The van der Waals surface area contributed by atoms with Crippen molar-refractivity contribution in [3.63, 3.8) is 0 Å². The van der Waals surface area contributed by atoms with Crippen molar-refractivity contribution in [2.75, 3.05) is 20.0 Å². The molecule has 0 spiro atoms. The Hall–Kier alpha value is -3.20. The van der Waals surface area contributed by atoms with Crippen LogP contribution in [-0.2, 0) is 11.3 Å². The number of rotatable bonds is 8. The summed E-state index contributed by atoms with van der Waals surface area (Å²) in [4.78, 5) is 16.7. The number of fused-ring (bicyclic) bond motifs is 1. The summed E-state index contributed by atoms with van der Waals surface area (Å²) in [7, 11) is 2.88. The zero-order valence-corrected chi connectivity index (χ0v) is 17.2. The molecule has 0 saturated carbocycles. The van der Waals surface area contributed by atoms with Crippen molar-refractivity contribution in [2.24, 2.45) is 5.10 Å². The number of methoxy groups -OCH3 is 2. The molecule has 0 saturated heterocycles. The molecular formula is C20H22N4O4S. The van der Waals surface area contributed by atoms with Crippen molar-refractivity contribution >= 4 is 34.9 Å². The van der Waals surface area contributed by atoms with E-state index >= 15 is 0 Å². The minimum Gasteiger partial charge on any atom is -0.502 e. The highest BCUT2D eigenvalue weighted by atomic mass is 32.2. The molecule has 0 bridgehead atoms. The number of nitrogens with one attached hydrogen (secondary N) is 1. The lowest BCUT2D eigenvalue weighted by molar-refractivity contribution is -0.118. The number of imidazole rings is 1. The molecule has 1 heterocycles. The zero-order valence-electron chi connectivity index (χ0n) is 16.4. The number of aromatic hydroxyl groups is 1. The van der Waals surface area contributed by atoms with Gasteiger partial charge in [0.25, 0.3) is 5.91 Å². The van der Waals surface area contributed by atoms with E-state index in [0.29, 0.717) is 5.56 Å². The maximum Gasteiger partial charge on any atom is 0.250 e. The number of para-hydroxylation sites is 2. The fraction of sp³-hybridized carbons (Fsp3) is 0.250. The Labute approximate surface area is 172 Å². The first kappa shape index (κ1) is 20.5. The average molecular weight is 414 g/mol. The van der Waals surface area contributed by atoms with E-state index < -0.39 is 0 Å². The number of benzene rings is 2. The largest absolute Gasteiger partial charge is 0.502 e. The molecule has 0 unspecified atom stereocenters. The lowest BCUT2D eigenvalue weighted by Crippen LogP contribution is -2.20. The minimum atomic E-state index is -0.251. The monoisotopic (exact) mass is 414 g/mol. The summed E-state index contributed by atoms with van der Waals surface area (Å²) in [6, 6.07) is 11.1. The van der Waals surface area contributed by atoms with Crippen molar-refractivity contribution in [3.05, 3.63) is 42.0 Å². The molecule has 29 heavy (non-hydrogen) atoms. The number of phenols is 1. The molecule has 2 N–H and O–H groups in total. The molecule has 152 valence electrons. The first-order valence-corrected chi connectivity index (χ1v) is 9.90. The Bertz CT molecular complexity index is 1020. The summed E-state index contributed by atoms with van der Waals surface area (Å²) in [5.41, 5.74) is 5.05. The van der Waals surface area contributed by atoms with E-state index in [9.17, 15) is 9.90 Å². The number of hydrogen-bond acceptors (Lipinski definition) is 7. The van der Waals surface area contributed by atoms with Crippen molar-refractivity contribution in [1.29, 1.82) is 0 Å². The highest BCUT2D eigenvalue weighted by Gasteiger charge is 2.12. The van der Waals surface area contributed by atoms with Gasteiger partial charge in [0.1, 0.15) is 0 Å². The number of phenolic OH excluding ortho intramolecular Hbond substituents is 1. The second-order valence-corrected chi connectivity index (χ2v) is 6.93. The average Bonchev–Trinajstić information content (AvgIpc) is 3.10. The third-order valence-corrected chi connectivity index (χ3v) is 5.15. The maximum absolute atomic E-state index is 12.1. The van der Waals surface area contributed by atoms with Crippen LogP contribution in [-0.4, -0.2) is 46.8 Å². The molecule has 3 aromatic rings. The Morgan fingerprint density at radius 3 is 2.62 bits per heavy atom. The standard InChI is InChI=1S/C20H22N4O4S/c1-4-24-15-8-6-5-7-14(15)22-20(24)29-12-18(25)23-21-11-13-9-16(27-2)19(26)17(10-13)28-3/h5-11,26H,4,12H2,1-3H3,(H,23,25)/b21-11+. The fourth-order valence-electron chi connectivity index (χ4n) is 2.80. The summed E-state index contributed by atoms with van der Waals surface area (Å²) in [5.74, 6) is 0.352. The molecule has 0 radical (unpaired) electrons. The Balaban J connectivity index is 1.62. The van der Waals surface area contributed by atoms with Gasteiger partial charge < -0.3 is 19.1 Å². The van der Waals surface area contributed by atoms with Crippen molar-refractivity contribution < 1.29 is 19.4 Å². The van der Waals surface area contributed by atoms with Crippen LogP contribution < -0.4 is 14.9 Å². The number of thioether (sulfide) groups is 1. The van der Waals surface area contributed by atoms with E-state index in [4.69, 9.17) is 9.47 Å². The highest BCUT2D eigenvalue weighted by Crippen LogP contribution is 2.36. The van der Waals surface area contributed by atoms with Gasteiger partial charge in [-0.1, -0.05) is 23.9 Å². The van der Waals surface area contributed by atoms with Gasteiger partial charge in [-0.2, -0.15) is 5.10 Å². The molecule has 0 atom stereocenters. The van der Waals surface area contributed by atoms with Crippen LogP contribution in [0.15, 0.2) is 46.7 Å². The molecule has 0 aliphatic heterocycles. The number of aromatic nitrogens is 2. The molecule has 1 amide bonds. The predicted molar refractivity (Wildman–Crippen MR) is 113 cm³/mol. The number of carbonyl (C=O) groups excluding carboxylic acids is 1. The first-order chi connectivity index (χ1) is 14.1. The second-order valence-electron chi connectivity index (χ2n) is 5.98. The Morgan fingerprint density at radius 1 is 1.28 bits per heavy atom. The molecule has 8 nitrogen and oxygen atoms in total. The van der Waals surface area contributed by atoms with Crippen LogP contribution in [0.1, 0.15) is 12.5 Å². The van der Waals surface area contributed by atoms with Gasteiger partial charge in [0.15, 0.2) is 16.7 Å². The third kappa shape index (κ3) is 4.62. The normalized spacial score (nSPS) is 11.1. The van der Waals surface area contributed by atoms with Crippen LogP contribution in [0.5, 0.6) is 17.2 Å². The lowest BCUT2D eigenvalue weighted by Gasteiger charge is -2.09. The molecular weight excluding hydrogens is 392 g/mol. The van der Waals surface area contributed by atoms with Gasteiger partial charge in [-0.3, -0.25) is 4.79 Å². The van der Waals surface area contributed by atoms with E-state index in [-0.39, 0.29) is 28.9 Å². The molecule has 9 heteroatoms. The number of hydrazone groups is 1. The van der Waals surface area contributed by atoms with Crippen molar-refractivity contribution in [3.8, 4) is 17.2 Å². The quantitative estimate of drug-likeness (QED) is 0.334. The highest BCUT2D eigenvalue weighted by molar-refractivity contribution is 7.99. The van der Waals surface area contributed by atoms with E-state index in [1.807, 2.05) is 31.2 Å². The smallest absolute Gasteiger partial charge is 0.250 e. The van der Waals surface area contributed by atoms with Gasteiger partial charge in [-0.25, -0.2) is 10.4 Å². The molecule has 1 aromatic heterocycles. The lowest BCUT2D eigenvalue weighted by atomic mass is 10.2. The summed E-state index contributed by atoms with van der Waals surface area (Å²) in [6.07, 6.45) is 1.45. The van der Waals surface area contributed by atoms with Gasteiger partial charge in [0, 0.05) is 12.1 Å². The molecule has 0 aliphatic rings. The molecule has 3 rings (SSSR count). The van der Waals surface area contributed by atoms with E-state index in [2.05, 4.69) is 20.1 Å². The topological polar surface area (TPSA) is 98.0 Å². The zero-order chi connectivity index (χ0) is 20.8. The number of carbonyl (C=O) groups is 1. The number of ether oxygens (including phenoxy) is 2. The van der Waals surface area contributed by atoms with Gasteiger partial charge in [0.05, 0.1) is 37.2 Å². The number of nitrogens with zero attached hydrogens (tertiary/aromatic N) is 3. The van der Waals surface area contributed by atoms with Gasteiger partial charge in [-0.15, -0.1) is 0 Å². The SMILES string of the molecule is CCn1c(SCC(=O)N/N=C/c2cc(OC)c(O)c(OC)c2)nc2ccccc21. The van der Waals surface area contributed by atoms with Gasteiger partial charge in [0.2, 0.25) is 5.75 Å². The summed E-state index contributed by atoms with van der Waals surface area (Å²) in [6.45, 7) is 2.82. The second kappa shape index (κ2) is 9.33. The summed E-state index contributed by atoms with van der Waals surface area (Å²) < 4.78 is 12.3. The van der Waals surface area contributed by atoms with Crippen LogP contribution >= 0.6 is 11.8 Å². The number of aryl methyl sites for hydroxylation is 1. The summed E-state index contributed by atoms with van der Waals surface area (Å²) in [5, 5.41) is 14.7.